The molecule has 3 heteroatoms. The highest BCUT2D eigenvalue weighted by molar-refractivity contribution is 5.42. The number of nitrogens with one attached hydrogen (secondary N) is 1. The lowest BCUT2D eigenvalue weighted by Crippen LogP contribution is -2.07. The topological polar surface area (TPSA) is 50.9 Å². The van der Waals surface area contributed by atoms with Crippen LogP contribution in [-0.4, -0.2) is 4.98 Å². The normalized spacial score (nSPS) is 9.93. The Balaban J connectivity index is 2.17. The zero-order valence-electron chi connectivity index (χ0n) is 8.35. The van der Waals surface area contributed by atoms with Crippen molar-refractivity contribution in [2.45, 2.75) is 6.42 Å². The minimum atomic E-state index is 0.830. The Hall–Kier alpha value is -1.87. The average Bonchev–Trinajstić information content (AvgIpc) is 2.31. The SMILES string of the molecule is NNc1ccnc(Cc2ccccc2)c1. The highest BCUT2D eigenvalue weighted by Crippen LogP contribution is 2.10. The standard InChI is InChI=1S/C12H13N3/c13-15-11-6-7-14-12(9-11)8-10-4-2-1-3-5-10/h1-7,9H,8,13H2,(H,14,15). The number of hydrogen-bond donors (Lipinski definition) is 2. The predicted molar refractivity (Wildman–Crippen MR) is 61.3 cm³/mol. The van der Waals surface area contributed by atoms with Crippen molar-refractivity contribution in [2.24, 2.45) is 5.84 Å². The maximum atomic E-state index is 5.33. The fourth-order valence-corrected chi connectivity index (χ4v) is 1.47. The van der Waals surface area contributed by atoms with Crippen LogP contribution in [0.4, 0.5) is 5.69 Å². The van der Waals surface area contributed by atoms with Crippen LogP contribution >= 0.6 is 0 Å². The molecule has 0 saturated heterocycles. The number of pyridine rings is 1. The molecule has 3 N–H and O–H groups in total. The van der Waals surface area contributed by atoms with Gasteiger partial charge in [-0.2, -0.15) is 0 Å². The third kappa shape index (κ3) is 2.54. The number of anilines is 1. The van der Waals surface area contributed by atoms with Crippen molar-refractivity contribution >= 4 is 5.69 Å². The van der Waals surface area contributed by atoms with Crippen molar-refractivity contribution in [3.05, 3.63) is 59.9 Å². The zero-order chi connectivity index (χ0) is 10.5. The van der Waals surface area contributed by atoms with E-state index in [1.807, 2.05) is 30.3 Å². The van der Waals surface area contributed by atoms with E-state index in [0.717, 1.165) is 17.8 Å². The molecule has 0 radical (unpaired) electrons. The molecule has 1 heterocycles. The molecular weight excluding hydrogens is 186 g/mol. The maximum Gasteiger partial charge on any atom is 0.0518 e. The molecule has 2 aromatic rings. The van der Waals surface area contributed by atoms with Crippen molar-refractivity contribution in [2.75, 3.05) is 5.43 Å². The summed E-state index contributed by atoms with van der Waals surface area (Å²) in [6.45, 7) is 0. The van der Waals surface area contributed by atoms with Crippen LogP contribution in [0.2, 0.25) is 0 Å². The maximum absolute atomic E-state index is 5.33. The van der Waals surface area contributed by atoms with Gasteiger partial charge in [0.25, 0.3) is 0 Å². The number of nitrogen functional groups attached to an aromatic ring is 1. The number of nitrogens with zero attached hydrogens (tertiary/aromatic N) is 1. The Morgan fingerprint density at radius 1 is 1.13 bits per heavy atom. The van der Waals surface area contributed by atoms with Gasteiger partial charge >= 0.3 is 0 Å². The van der Waals surface area contributed by atoms with E-state index in [0.29, 0.717) is 0 Å². The van der Waals surface area contributed by atoms with Gasteiger partial charge in [-0.25, -0.2) is 0 Å². The number of aromatic nitrogens is 1. The van der Waals surface area contributed by atoms with Crippen molar-refractivity contribution in [1.82, 2.24) is 4.98 Å². The van der Waals surface area contributed by atoms with Crippen LogP contribution in [0.15, 0.2) is 48.7 Å². The lowest BCUT2D eigenvalue weighted by molar-refractivity contribution is 1.07. The summed E-state index contributed by atoms with van der Waals surface area (Å²) in [5, 5.41) is 0. The Kier molecular flexibility index (Phi) is 2.95. The summed E-state index contributed by atoms with van der Waals surface area (Å²) in [6.07, 6.45) is 2.59. The van der Waals surface area contributed by atoms with Gasteiger partial charge in [0, 0.05) is 18.3 Å². The molecule has 0 amide bonds. The van der Waals surface area contributed by atoms with Crippen LogP contribution < -0.4 is 11.3 Å². The molecule has 0 fully saturated rings. The van der Waals surface area contributed by atoms with Crippen LogP contribution in [0.1, 0.15) is 11.3 Å². The second-order valence-electron chi connectivity index (χ2n) is 3.34. The van der Waals surface area contributed by atoms with Gasteiger partial charge in [-0.05, 0) is 17.7 Å². The van der Waals surface area contributed by atoms with Crippen LogP contribution in [0.5, 0.6) is 0 Å². The van der Waals surface area contributed by atoms with Crippen molar-refractivity contribution in [3.8, 4) is 0 Å². The predicted octanol–water partition coefficient (Wildman–Crippen LogP) is 1.96. The number of nitrogens with two attached hydrogens (primary N) is 1. The van der Waals surface area contributed by atoms with Crippen molar-refractivity contribution in [3.63, 3.8) is 0 Å². The molecule has 0 aliphatic carbocycles. The van der Waals surface area contributed by atoms with Gasteiger partial charge < -0.3 is 5.43 Å². The summed E-state index contributed by atoms with van der Waals surface area (Å²) >= 11 is 0. The lowest BCUT2D eigenvalue weighted by Gasteiger charge is -2.03. The molecule has 0 bridgehead atoms. The van der Waals surface area contributed by atoms with Crippen LogP contribution in [0, 0.1) is 0 Å². The summed E-state index contributed by atoms with van der Waals surface area (Å²) in [5.41, 5.74) is 5.76. The summed E-state index contributed by atoms with van der Waals surface area (Å²) in [5.74, 6) is 5.33. The van der Waals surface area contributed by atoms with Crippen LogP contribution in [0.3, 0.4) is 0 Å². The quantitative estimate of drug-likeness (QED) is 0.587. The van der Waals surface area contributed by atoms with E-state index in [-0.39, 0.29) is 0 Å². The molecule has 0 unspecified atom stereocenters. The Labute approximate surface area is 88.9 Å². The third-order valence-electron chi connectivity index (χ3n) is 2.21. The van der Waals surface area contributed by atoms with E-state index in [1.165, 1.54) is 5.56 Å². The van der Waals surface area contributed by atoms with E-state index in [2.05, 4.69) is 22.5 Å². The molecule has 2 rings (SSSR count). The molecule has 0 aliphatic heterocycles. The van der Waals surface area contributed by atoms with Gasteiger partial charge in [0.05, 0.1) is 5.69 Å². The average molecular weight is 199 g/mol. The van der Waals surface area contributed by atoms with Gasteiger partial charge in [-0.15, -0.1) is 0 Å². The lowest BCUT2D eigenvalue weighted by atomic mass is 10.1. The van der Waals surface area contributed by atoms with E-state index in [4.69, 9.17) is 5.84 Å². The fraction of sp³-hybridized carbons (Fsp3) is 0.0833. The summed E-state index contributed by atoms with van der Waals surface area (Å²) in [6, 6.07) is 14.0. The van der Waals surface area contributed by atoms with Gasteiger partial charge in [0.15, 0.2) is 0 Å². The van der Waals surface area contributed by atoms with E-state index >= 15 is 0 Å². The molecule has 0 spiro atoms. The monoisotopic (exact) mass is 199 g/mol. The minimum absolute atomic E-state index is 0.830. The molecule has 76 valence electrons. The molecular formula is C12H13N3. The van der Waals surface area contributed by atoms with Crippen LogP contribution in [-0.2, 0) is 6.42 Å². The number of hydrazine groups is 1. The minimum Gasteiger partial charge on any atom is -0.324 e. The first kappa shape index (κ1) is 9.68. The molecule has 15 heavy (non-hydrogen) atoms. The van der Waals surface area contributed by atoms with Crippen molar-refractivity contribution in [1.29, 1.82) is 0 Å². The second kappa shape index (κ2) is 4.57. The molecule has 0 atom stereocenters. The fourth-order valence-electron chi connectivity index (χ4n) is 1.47. The largest absolute Gasteiger partial charge is 0.324 e. The smallest absolute Gasteiger partial charge is 0.0518 e. The molecule has 1 aromatic heterocycles. The molecule has 0 saturated carbocycles. The molecule has 0 aliphatic rings. The number of hydrogen-bond acceptors (Lipinski definition) is 3. The third-order valence-corrected chi connectivity index (χ3v) is 2.21. The van der Waals surface area contributed by atoms with Gasteiger partial charge in [0.2, 0.25) is 0 Å². The van der Waals surface area contributed by atoms with Gasteiger partial charge in [-0.3, -0.25) is 10.8 Å². The summed E-state index contributed by atoms with van der Waals surface area (Å²) in [4.78, 5) is 4.29. The first-order chi connectivity index (χ1) is 7.38. The Bertz CT molecular complexity index is 426. The highest BCUT2D eigenvalue weighted by atomic mass is 15.2. The van der Waals surface area contributed by atoms with Gasteiger partial charge in [-0.1, -0.05) is 30.3 Å². The number of rotatable bonds is 3. The second-order valence-corrected chi connectivity index (χ2v) is 3.34. The van der Waals surface area contributed by atoms with E-state index in [9.17, 15) is 0 Å². The van der Waals surface area contributed by atoms with E-state index in [1.54, 1.807) is 6.20 Å². The first-order valence-corrected chi connectivity index (χ1v) is 4.84. The molecule has 3 nitrogen and oxygen atoms in total. The van der Waals surface area contributed by atoms with Gasteiger partial charge in [0.1, 0.15) is 0 Å². The molecule has 1 aromatic carbocycles. The summed E-state index contributed by atoms with van der Waals surface area (Å²) in [7, 11) is 0. The van der Waals surface area contributed by atoms with Crippen LogP contribution in [0.25, 0.3) is 0 Å². The first-order valence-electron chi connectivity index (χ1n) is 4.84. The highest BCUT2D eigenvalue weighted by Gasteiger charge is 1.97. The number of benzene rings is 1. The van der Waals surface area contributed by atoms with E-state index < -0.39 is 0 Å². The van der Waals surface area contributed by atoms with Crippen molar-refractivity contribution < 1.29 is 0 Å². The zero-order valence-corrected chi connectivity index (χ0v) is 8.35. The Morgan fingerprint density at radius 3 is 2.67 bits per heavy atom. The summed E-state index contributed by atoms with van der Waals surface area (Å²) < 4.78 is 0. The Morgan fingerprint density at radius 2 is 1.93 bits per heavy atom.